The van der Waals surface area contributed by atoms with Crippen molar-refractivity contribution in [1.29, 1.82) is 0 Å². The Bertz CT molecular complexity index is 810. The molecule has 1 aliphatic rings. The van der Waals surface area contributed by atoms with Crippen LogP contribution in [0.2, 0.25) is 0 Å². The summed E-state index contributed by atoms with van der Waals surface area (Å²) in [7, 11) is 1.66. The highest BCUT2D eigenvalue weighted by molar-refractivity contribution is 8.00. The second-order valence-corrected chi connectivity index (χ2v) is 7.54. The number of likely N-dealkylation sites (N-methyl/N-ethyl adjacent to an activating group) is 1. The quantitative estimate of drug-likeness (QED) is 0.862. The lowest BCUT2D eigenvalue weighted by Gasteiger charge is -2.30. The van der Waals surface area contributed by atoms with E-state index in [0.29, 0.717) is 35.7 Å². The first-order valence-electron chi connectivity index (χ1n) is 8.26. The fourth-order valence-electron chi connectivity index (χ4n) is 2.82. The average molecular weight is 377 g/mol. The van der Waals surface area contributed by atoms with E-state index in [0.717, 1.165) is 0 Å². The van der Waals surface area contributed by atoms with E-state index < -0.39 is 11.3 Å². The van der Waals surface area contributed by atoms with Gasteiger partial charge < -0.3 is 14.7 Å². The molecule has 0 bridgehead atoms. The molecule has 1 aromatic heterocycles. The summed E-state index contributed by atoms with van der Waals surface area (Å²) in [6.45, 7) is 2.10. The molecule has 1 aliphatic heterocycles. The van der Waals surface area contributed by atoms with E-state index in [1.165, 1.54) is 22.7 Å². The Morgan fingerprint density at radius 1 is 1.46 bits per heavy atom. The third-order valence-electron chi connectivity index (χ3n) is 4.19. The molecule has 1 fully saturated rings. The molecule has 138 valence electrons. The maximum absolute atomic E-state index is 13.8. The van der Waals surface area contributed by atoms with Crippen molar-refractivity contribution >= 4 is 23.6 Å². The molecule has 6 nitrogen and oxygen atoms in total. The number of hydrogen-bond acceptors (Lipinski definition) is 5. The number of carbonyl (C=O) groups is 2. The first kappa shape index (κ1) is 18.4. The van der Waals surface area contributed by atoms with Gasteiger partial charge in [-0.2, -0.15) is 0 Å². The van der Waals surface area contributed by atoms with Gasteiger partial charge in [-0.15, -0.1) is 11.8 Å². The predicted molar refractivity (Wildman–Crippen MR) is 96.0 cm³/mol. The van der Waals surface area contributed by atoms with Crippen molar-refractivity contribution in [2.24, 2.45) is 0 Å². The molecule has 0 saturated carbocycles. The van der Waals surface area contributed by atoms with Gasteiger partial charge in [0, 0.05) is 18.9 Å². The third-order valence-corrected chi connectivity index (χ3v) is 5.50. The van der Waals surface area contributed by atoms with Crippen LogP contribution < -0.4 is 5.32 Å². The number of rotatable bonds is 5. The second-order valence-electron chi connectivity index (χ2n) is 6.30. The standard InChI is InChI=1S/C18H20FN3O3S/c1-11-7-13(21-25-11)9-22(2)18(24)15-10-26-16(17(23)20-15)8-12-5-3-4-6-14(12)19/h3-7,15-16H,8-10H2,1-2H3,(H,20,23). The molecule has 2 atom stereocenters. The molecule has 3 rings (SSSR count). The molecule has 0 aliphatic carbocycles. The fourth-order valence-corrected chi connectivity index (χ4v) is 3.99. The van der Waals surface area contributed by atoms with Gasteiger partial charge in [0.15, 0.2) is 0 Å². The summed E-state index contributed by atoms with van der Waals surface area (Å²) in [5.41, 5.74) is 1.16. The number of aryl methyl sites for hydroxylation is 1. The molecule has 2 unspecified atom stereocenters. The highest BCUT2D eigenvalue weighted by Gasteiger charge is 2.34. The Morgan fingerprint density at radius 3 is 2.88 bits per heavy atom. The number of thioether (sulfide) groups is 1. The number of nitrogens with zero attached hydrogens (tertiary/aromatic N) is 2. The minimum Gasteiger partial charge on any atom is -0.361 e. The molecule has 2 heterocycles. The fraction of sp³-hybridized carbons (Fsp3) is 0.389. The molecule has 2 amide bonds. The first-order valence-corrected chi connectivity index (χ1v) is 9.31. The van der Waals surface area contributed by atoms with Crippen molar-refractivity contribution in [3.05, 3.63) is 53.2 Å². The van der Waals surface area contributed by atoms with Crippen molar-refractivity contribution in [1.82, 2.24) is 15.4 Å². The number of aromatic nitrogens is 1. The summed E-state index contributed by atoms with van der Waals surface area (Å²) in [6.07, 6.45) is 0.304. The van der Waals surface area contributed by atoms with Crippen molar-refractivity contribution in [2.75, 3.05) is 12.8 Å². The number of nitrogens with one attached hydrogen (secondary N) is 1. The van der Waals surface area contributed by atoms with E-state index in [1.807, 2.05) is 0 Å². The summed E-state index contributed by atoms with van der Waals surface area (Å²) in [4.78, 5) is 26.4. The average Bonchev–Trinajstić information content (AvgIpc) is 3.02. The van der Waals surface area contributed by atoms with Gasteiger partial charge >= 0.3 is 0 Å². The van der Waals surface area contributed by atoms with Crippen LogP contribution in [0, 0.1) is 12.7 Å². The van der Waals surface area contributed by atoms with Crippen molar-refractivity contribution in [3.63, 3.8) is 0 Å². The van der Waals surface area contributed by atoms with E-state index in [-0.39, 0.29) is 17.6 Å². The van der Waals surface area contributed by atoms with Crippen LogP contribution in [0.3, 0.4) is 0 Å². The van der Waals surface area contributed by atoms with Crippen LogP contribution >= 0.6 is 11.8 Å². The van der Waals surface area contributed by atoms with Crippen LogP contribution in [0.4, 0.5) is 4.39 Å². The zero-order valence-corrected chi connectivity index (χ0v) is 15.4. The number of benzene rings is 1. The minimum absolute atomic E-state index is 0.184. The maximum atomic E-state index is 13.8. The van der Waals surface area contributed by atoms with Gasteiger partial charge in [0.05, 0.1) is 11.8 Å². The van der Waals surface area contributed by atoms with E-state index in [4.69, 9.17) is 4.52 Å². The summed E-state index contributed by atoms with van der Waals surface area (Å²) >= 11 is 1.38. The lowest BCUT2D eigenvalue weighted by atomic mass is 10.1. The molecule has 1 saturated heterocycles. The monoisotopic (exact) mass is 377 g/mol. The molecule has 0 radical (unpaired) electrons. The molecule has 2 aromatic rings. The van der Waals surface area contributed by atoms with E-state index in [9.17, 15) is 14.0 Å². The lowest BCUT2D eigenvalue weighted by molar-refractivity contribution is -0.135. The summed E-state index contributed by atoms with van der Waals surface area (Å²) < 4.78 is 18.8. The van der Waals surface area contributed by atoms with Gasteiger partial charge in [-0.25, -0.2) is 4.39 Å². The summed E-state index contributed by atoms with van der Waals surface area (Å²) in [6, 6.07) is 7.59. The van der Waals surface area contributed by atoms with Crippen molar-refractivity contribution in [2.45, 2.75) is 31.2 Å². The van der Waals surface area contributed by atoms with Crippen LogP contribution in [-0.2, 0) is 22.6 Å². The molecular weight excluding hydrogens is 357 g/mol. The Kier molecular flexibility index (Phi) is 5.61. The van der Waals surface area contributed by atoms with Crippen LogP contribution in [0.15, 0.2) is 34.9 Å². The van der Waals surface area contributed by atoms with Crippen molar-refractivity contribution < 1.29 is 18.5 Å². The first-order chi connectivity index (χ1) is 12.4. The largest absolute Gasteiger partial charge is 0.361 e. The molecule has 26 heavy (non-hydrogen) atoms. The Labute approximate surface area is 155 Å². The Hall–Kier alpha value is -2.35. The van der Waals surface area contributed by atoms with Crippen molar-refractivity contribution in [3.8, 4) is 0 Å². The number of hydrogen-bond donors (Lipinski definition) is 1. The van der Waals surface area contributed by atoms with Crippen LogP contribution in [-0.4, -0.2) is 46.0 Å². The number of halogens is 1. The summed E-state index contributed by atoms with van der Waals surface area (Å²) in [5.74, 6) is 0.385. The van der Waals surface area contributed by atoms with E-state index in [1.54, 1.807) is 38.2 Å². The zero-order chi connectivity index (χ0) is 18.7. The topological polar surface area (TPSA) is 75.4 Å². The van der Waals surface area contributed by atoms with Crippen LogP contribution in [0.5, 0.6) is 0 Å². The minimum atomic E-state index is -0.595. The van der Waals surface area contributed by atoms with Gasteiger partial charge in [0.2, 0.25) is 11.8 Å². The highest BCUT2D eigenvalue weighted by atomic mass is 32.2. The van der Waals surface area contributed by atoms with Crippen LogP contribution in [0.25, 0.3) is 0 Å². The van der Waals surface area contributed by atoms with Gasteiger partial charge in [-0.3, -0.25) is 9.59 Å². The number of carbonyl (C=O) groups excluding carboxylic acids is 2. The van der Waals surface area contributed by atoms with E-state index in [2.05, 4.69) is 10.5 Å². The Morgan fingerprint density at radius 2 is 2.23 bits per heavy atom. The molecule has 1 N–H and O–H groups in total. The molecule has 1 aromatic carbocycles. The van der Waals surface area contributed by atoms with Gasteiger partial charge in [-0.1, -0.05) is 23.4 Å². The second kappa shape index (κ2) is 7.90. The SMILES string of the molecule is Cc1cc(CN(C)C(=O)C2CSC(Cc3ccccc3F)C(=O)N2)no1. The Balaban J connectivity index is 1.56. The lowest BCUT2D eigenvalue weighted by Crippen LogP contribution is -2.54. The smallest absolute Gasteiger partial charge is 0.246 e. The number of amides is 2. The van der Waals surface area contributed by atoms with Gasteiger partial charge in [0.1, 0.15) is 23.3 Å². The normalized spacial score (nSPS) is 19.9. The summed E-state index contributed by atoms with van der Waals surface area (Å²) in [5, 5.41) is 6.23. The molecular formula is C18H20FN3O3S. The predicted octanol–water partition coefficient (Wildman–Crippen LogP) is 1.92. The van der Waals surface area contributed by atoms with E-state index >= 15 is 0 Å². The maximum Gasteiger partial charge on any atom is 0.246 e. The molecule has 8 heteroatoms. The zero-order valence-electron chi connectivity index (χ0n) is 14.6. The highest BCUT2D eigenvalue weighted by Crippen LogP contribution is 2.24. The third kappa shape index (κ3) is 4.24. The molecule has 0 spiro atoms. The van der Waals surface area contributed by atoms with Gasteiger partial charge in [0.25, 0.3) is 0 Å². The van der Waals surface area contributed by atoms with Gasteiger partial charge in [-0.05, 0) is 25.0 Å². The van der Waals surface area contributed by atoms with Crippen LogP contribution in [0.1, 0.15) is 17.0 Å².